The predicted molar refractivity (Wildman–Crippen MR) is 77.6 cm³/mol. The number of carbonyl (C=O) groups is 1. The van der Waals surface area contributed by atoms with Crippen molar-refractivity contribution in [3.8, 4) is 5.75 Å². The minimum Gasteiger partial charge on any atom is -0.491 e. The lowest BCUT2D eigenvalue weighted by atomic mass is 10.0. The number of hydrogen-bond acceptors (Lipinski definition) is 5. The van der Waals surface area contributed by atoms with Gasteiger partial charge in [0.25, 0.3) is 5.91 Å². The van der Waals surface area contributed by atoms with Crippen LogP contribution in [0.5, 0.6) is 5.75 Å². The van der Waals surface area contributed by atoms with E-state index in [-0.39, 0.29) is 29.3 Å². The number of aromatic nitrogens is 1. The first-order chi connectivity index (χ1) is 9.84. The zero-order valence-electron chi connectivity index (χ0n) is 12.5. The molecule has 7 nitrogen and oxygen atoms in total. The van der Waals surface area contributed by atoms with Crippen molar-refractivity contribution in [1.82, 2.24) is 14.8 Å². The number of nitrogens with one attached hydrogen (secondary N) is 1. The molecule has 1 fully saturated rings. The molecule has 1 unspecified atom stereocenters. The fourth-order valence-corrected chi connectivity index (χ4v) is 2.66. The lowest BCUT2D eigenvalue weighted by Gasteiger charge is -2.26. The molecule has 0 aliphatic carbocycles. The zero-order chi connectivity index (χ0) is 15.6. The molecule has 0 spiro atoms. The van der Waals surface area contributed by atoms with Crippen molar-refractivity contribution in [2.24, 2.45) is 0 Å². The largest absolute Gasteiger partial charge is 0.491 e. The Labute approximate surface area is 123 Å². The number of aliphatic hydroxyl groups is 1. The third kappa shape index (κ3) is 3.43. The third-order valence-corrected chi connectivity index (χ3v) is 3.56. The van der Waals surface area contributed by atoms with Crippen molar-refractivity contribution >= 4 is 5.91 Å². The van der Waals surface area contributed by atoms with Crippen LogP contribution in [-0.2, 0) is 0 Å². The van der Waals surface area contributed by atoms with E-state index in [1.807, 2.05) is 19.0 Å². The number of rotatable bonds is 4. The highest BCUT2D eigenvalue weighted by atomic mass is 16.5. The van der Waals surface area contributed by atoms with Crippen LogP contribution >= 0.6 is 0 Å². The van der Waals surface area contributed by atoms with Crippen LogP contribution in [0.3, 0.4) is 0 Å². The molecule has 1 aliphatic rings. The van der Waals surface area contributed by atoms with E-state index >= 15 is 0 Å². The lowest BCUT2D eigenvalue weighted by molar-refractivity contribution is 0.0235. The van der Waals surface area contributed by atoms with Crippen LogP contribution < -0.4 is 10.2 Å². The van der Waals surface area contributed by atoms with Gasteiger partial charge in [-0.05, 0) is 20.5 Å². The number of methoxy groups -OCH3 is 1. The molecule has 2 heterocycles. The molecule has 1 aliphatic heterocycles. The SMILES string of the molecule is COc1c[nH]c(C(=O)N2CCC(O)(CN(C)C)C2)cc1=O. The van der Waals surface area contributed by atoms with Gasteiger partial charge in [-0.15, -0.1) is 0 Å². The lowest BCUT2D eigenvalue weighted by Crippen LogP contribution is -2.43. The van der Waals surface area contributed by atoms with Crippen LogP contribution in [-0.4, -0.2) is 72.2 Å². The summed E-state index contributed by atoms with van der Waals surface area (Å²) in [6, 6.07) is 1.23. The van der Waals surface area contributed by atoms with E-state index in [0.29, 0.717) is 19.5 Å². The van der Waals surface area contributed by atoms with Crippen LogP contribution in [0.2, 0.25) is 0 Å². The Balaban J connectivity index is 2.11. The Kier molecular flexibility index (Phi) is 4.34. The van der Waals surface area contributed by atoms with E-state index in [0.717, 1.165) is 0 Å². The average molecular weight is 295 g/mol. The molecule has 1 saturated heterocycles. The molecule has 1 amide bonds. The molecule has 0 saturated carbocycles. The summed E-state index contributed by atoms with van der Waals surface area (Å²) in [4.78, 5) is 30.3. The summed E-state index contributed by atoms with van der Waals surface area (Å²) in [6.45, 7) is 1.23. The second-order valence-corrected chi connectivity index (χ2v) is 5.72. The van der Waals surface area contributed by atoms with E-state index in [1.165, 1.54) is 19.4 Å². The maximum Gasteiger partial charge on any atom is 0.270 e. The Morgan fingerprint density at radius 1 is 1.57 bits per heavy atom. The number of aromatic amines is 1. The number of β-amino-alcohol motifs (C(OH)–C–C–N with tert-alkyl or cyclic N) is 1. The molecule has 21 heavy (non-hydrogen) atoms. The van der Waals surface area contributed by atoms with E-state index in [9.17, 15) is 14.7 Å². The van der Waals surface area contributed by atoms with Crippen LogP contribution in [0.1, 0.15) is 16.9 Å². The first kappa shape index (κ1) is 15.5. The smallest absolute Gasteiger partial charge is 0.270 e. The normalized spacial score (nSPS) is 21.9. The van der Waals surface area contributed by atoms with Gasteiger partial charge < -0.3 is 24.6 Å². The topological polar surface area (TPSA) is 85.9 Å². The summed E-state index contributed by atoms with van der Waals surface area (Å²) < 4.78 is 4.87. The number of nitrogens with zero attached hydrogens (tertiary/aromatic N) is 2. The maximum atomic E-state index is 12.4. The number of carbonyl (C=O) groups excluding carboxylic acids is 1. The molecule has 7 heteroatoms. The second-order valence-electron chi connectivity index (χ2n) is 5.72. The Morgan fingerprint density at radius 3 is 2.86 bits per heavy atom. The number of likely N-dealkylation sites (tertiary alicyclic amines) is 1. The molecule has 2 N–H and O–H groups in total. The standard InChI is InChI=1S/C14H21N3O4/c1-16(2)8-14(20)4-5-17(9-14)13(19)10-6-11(18)12(21-3)7-15-10/h6-7,20H,4-5,8-9H2,1-3H3,(H,15,18). The zero-order valence-corrected chi connectivity index (χ0v) is 12.5. The molecular formula is C14H21N3O4. The van der Waals surface area contributed by atoms with Crippen LogP contribution in [0.15, 0.2) is 17.1 Å². The molecule has 0 aromatic carbocycles. The van der Waals surface area contributed by atoms with E-state index in [1.54, 1.807) is 4.90 Å². The Morgan fingerprint density at radius 2 is 2.29 bits per heavy atom. The number of H-pyrrole nitrogens is 1. The first-order valence-electron chi connectivity index (χ1n) is 6.78. The van der Waals surface area contributed by atoms with Gasteiger partial charge in [-0.2, -0.15) is 0 Å². The van der Waals surface area contributed by atoms with Gasteiger partial charge in [-0.3, -0.25) is 9.59 Å². The van der Waals surface area contributed by atoms with Gasteiger partial charge in [0, 0.05) is 25.4 Å². The highest BCUT2D eigenvalue weighted by Gasteiger charge is 2.38. The number of amides is 1. The van der Waals surface area contributed by atoms with Crippen molar-refractivity contribution < 1.29 is 14.6 Å². The van der Waals surface area contributed by atoms with Gasteiger partial charge in [0.1, 0.15) is 5.69 Å². The predicted octanol–water partition coefficient (Wildman–Crippen LogP) is -0.478. The number of hydrogen-bond donors (Lipinski definition) is 2. The fraction of sp³-hybridized carbons (Fsp3) is 0.571. The molecule has 2 rings (SSSR count). The van der Waals surface area contributed by atoms with Gasteiger partial charge in [-0.1, -0.05) is 0 Å². The molecule has 0 bridgehead atoms. The highest BCUT2D eigenvalue weighted by Crippen LogP contribution is 2.23. The van der Waals surface area contributed by atoms with E-state index < -0.39 is 5.60 Å². The van der Waals surface area contributed by atoms with Crippen molar-refractivity contribution in [2.45, 2.75) is 12.0 Å². The van der Waals surface area contributed by atoms with Crippen molar-refractivity contribution in [1.29, 1.82) is 0 Å². The van der Waals surface area contributed by atoms with Crippen molar-refractivity contribution in [3.63, 3.8) is 0 Å². The van der Waals surface area contributed by atoms with Crippen molar-refractivity contribution in [2.75, 3.05) is 40.8 Å². The second kappa shape index (κ2) is 5.87. The van der Waals surface area contributed by atoms with Crippen molar-refractivity contribution in [3.05, 3.63) is 28.2 Å². The fourth-order valence-electron chi connectivity index (χ4n) is 2.66. The monoisotopic (exact) mass is 295 g/mol. The highest BCUT2D eigenvalue weighted by molar-refractivity contribution is 5.92. The van der Waals surface area contributed by atoms with E-state index in [4.69, 9.17) is 4.74 Å². The molecule has 0 radical (unpaired) electrons. The van der Waals surface area contributed by atoms with Crippen LogP contribution in [0.25, 0.3) is 0 Å². The van der Waals surface area contributed by atoms with Crippen LogP contribution in [0.4, 0.5) is 0 Å². The molecule has 1 atom stereocenters. The summed E-state index contributed by atoms with van der Waals surface area (Å²) in [5.74, 6) is -0.124. The summed E-state index contributed by atoms with van der Waals surface area (Å²) in [5, 5.41) is 10.4. The number of pyridine rings is 1. The maximum absolute atomic E-state index is 12.4. The van der Waals surface area contributed by atoms with Gasteiger partial charge in [0.2, 0.25) is 5.43 Å². The van der Waals surface area contributed by atoms with Crippen LogP contribution in [0, 0.1) is 0 Å². The average Bonchev–Trinajstić information content (AvgIpc) is 2.79. The summed E-state index contributed by atoms with van der Waals surface area (Å²) in [6.07, 6.45) is 1.90. The molecule has 1 aromatic heterocycles. The summed E-state index contributed by atoms with van der Waals surface area (Å²) in [5.41, 5.74) is -1.04. The summed E-state index contributed by atoms with van der Waals surface area (Å²) in [7, 11) is 5.15. The molecule has 1 aromatic rings. The van der Waals surface area contributed by atoms with Gasteiger partial charge in [0.15, 0.2) is 5.75 Å². The minimum absolute atomic E-state index is 0.164. The Bertz CT molecular complexity index is 584. The summed E-state index contributed by atoms with van der Waals surface area (Å²) >= 11 is 0. The first-order valence-corrected chi connectivity index (χ1v) is 6.78. The number of ether oxygens (including phenoxy) is 1. The third-order valence-electron chi connectivity index (χ3n) is 3.56. The Hall–Kier alpha value is -1.86. The quantitative estimate of drug-likeness (QED) is 0.784. The van der Waals surface area contributed by atoms with E-state index in [2.05, 4.69) is 4.98 Å². The number of likely N-dealkylation sites (N-methyl/N-ethyl adjacent to an activating group) is 1. The van der Waals surface area contributed by atoms with Gasteiger partial charge in [-0.25, -0.2) is 0 Å². The van der Waals surface area contributed by atoms with Gasteiger partial charge >= 0.3 is 0 Å². The molecular weight excluding hydrogens is 274 g/mol. The minimum atomic E-state index is -0.897. The molecule has 116 valence electrons. The van der Waals surface area contributed by atoms with Gasteiger partial charge in [0.05, 0.1) is 19.3 Å².